The smallest absolute Gasteiger partial charge is 0.220 e. The number of halogens is 1. The number of carbonyl (C=O) groups excluding carboxylic acids is 1. The van der Waals surface area contributed by atoms with Gasteiger partial charge in [-0.05, 0) is 36.2 Å². The molecule has 5 heteroatoms. The van der Waals surface area contributed by atoms with Crippen LogP contribution in [0.4, 0.5) is 0 Å². The molecule has 0 unspecified atom stereocenters. The molecule has 4 nitrogen and oxygen atoms in total. The summed E-state index contributed by atoms with van der Waals surface area (Å²) in [5.41, 5.74) is 1.09. The fourth-order valence-electron chi connectivity index (χ4n) is 2.39. The van der Waals surface area contributed by atoms with Gasteiger partial charge in [-0.3, -0.25) is 4.79 Å². The molecular formula is C18H18ClNO3. The molecule has 0 spiro atoms. The third-order valence-corrected chi connectivity index (χ3v) is 3.90. The van der Waals surface area contributed by atoms with Crippen LogP contribution in [0.1, 0.15) is 12.0 Å². The molecule has 3 rings (SSSR count). The first kappa shape index (κ1) is 15.7. The summed E-state index contributed by atoms with van der Waals surface area (Å²) in [7, 11) is 0. The van der Waals surface area contributed by atoms with Gasteiger partial charge in [0.05, 0.1) is 6.54 Å². The Kier molecular flexibility index (Phi) is 5.03. The fourth-order valence-corrected chi connectivity index (χ4v) is 2.51. The highest BCUT2D eigenvalue weighted by Crippen LogP contribution is 2.30. The number of rotatable bonds is 5. The standard InChI is InChI=1S/C18H18ClNO3/c19-14-8-5-13(6-9-14)7-10-18(21)20-11-15-12-22-16-3-1-2-4-17(16)23-15/h1-6,8-9,15H,7,10-12H2,(H,20,21)/t15-/m0/s1. The van der Waals surface area contributed by atoms with Crippen LogP contribution in [0.25, 0.3) is 0 Å². The lowest BCUT2D eigenvalue weighted by Crippen LogP contribution is -2.40. The maximum atomic E-state index is 11.9. The molecule has 0 aliphatic carbocycles. The van der Waals surface area contributed by atoms with Gasteiger partial charge in [-0.2, -0.15) is 0 Å². The predicted octanol–water partition coefficient (Wildman–Crippen LogP) is 3.23. The number of fused-ring (bicyclic) bond motifs is 1. The molecule has 0 saturated heterocycles. The quantitative estimate of drug-likeness (QED) is 0.915. The van der Waals surface area contributed by atoms with E-state index in [0.29, 0.717) is 31.0 Å². The van der Waals surface area contributed by atoms with Gasteiger partial charge in [0.1, 0.15) is 12.7 Å². The zero-order valence-electron chi connectivity index (χ0n) is 12.6. The maximum absolute atomic E-state index is 11.9. The molecule has 1 heterocycles. The van der Waals surface area contributed by atoms with Crippen molar-refractivity contribution in [2.75, 3.05) is 13.2 Å². The maximum Gasteiger partial charge on any atom is 0.220 e. The molecule has 0 aromatic heterocycles. The van der Waals surface area contributed by atoms with E-state index in [1.165, 1.54) is 0 Å². The van der Waals surface area contributed by atoms with Crippen LogP contribution in [0.2, 0.25) is 5.02 Å². The lowest BCUT2D eigenvalue weighted by molar-refractivity contribution is -0.121. The number of benzene rings is 2. The van der Waals surface area contributed by atoms with Gasteiger partial charge < -0.3 is 14.8 Å². The molecular weight excluding hydrogens is 314 g/mol. The molecule has 0 fully saturated rings. The van der Waals surface area contributed by atoms with E-state index in [0.717, 1.165) is 17.1 Å². The van der Waals surface area contributed by atoms with Gasteiger partial charge in [-0.25, -0.2) is 0 Å². The van der Waals surface area contributed by atoms with Gasteiger partial charge in [0.25, 0.3) is 0 Å². The average molecular weight is 332 g/mol. The van der Waals surface area contributed by atoms with Crippen molar-refractivity contribution in [2.45, 2.75) is 18.9 Å². The highest BCUT2D eigenvalue weighted by molar-refractivity contribution is 6.30. The third-order valence-electron chi connectivity index (χ3n) is 3.65. The minimum atomic E-state index is -0.163. The van der Waals surface area contributed by atoms with Gasteiger partial charge in [-0.1, -0.05) is 35.9 Å². The van der Waals surface area contributed by atoms with Crippen LogP contribution in [0, 0.1) is 0 Å². The van der Waals surface area contributed by atoms with E-state index in [9.17, 15) is 4.79 Å². The monoisotopic (exact) mass is 331 g/mol. The summed E-state index contributed by atoms with van der Waals surface area (Å²) in [5.74, 6) is 1.47. The number of nitrogens with one attached hydrogen (secondary N) is 1. The van der Waals surface area contributed by atoms with Gasteiger partial charge in [-0.15, -0.1) is 0 Å². The summed E-state index contributed by atoms with van der Waals surface area (Å²) < 4.78 is 11.4. The van der Waals surface area contributed by atoms with Crippen molar-refractivity contribution in [1.82, 2.24) is 5.32 Å². The van der Waals surface area contributed by atoms with Crippen LogP contribution in [0.15, 0.2) is 48.5 Å². The van der Waals surface area contributed by atoms with Crippen molar-refractivity contribution in [3.63, 3.8) is 0 Å². The first-order chi connectivity index (χ1) is 11.2. The van der Waals surface area contributed by atoms with Crippen LogP contribution >= 0.6 is 11.6 Å². The Morgan fingerprint density at radius 3 is 2.65 bits per heavy atom. The zero-order valence-corrected chi connectivity index (χ0v) is 13.4. The molecule has 1 aliphatic heterocycles. The van der Waals surface area contributed by atoms with Crippen LogP contribution in [-0.2, 0) is 11.2 Å². The summed E-state index contributed by atoms with van der Waals surface area (Å²) >= 11 is 5.84. The Morgan fingerprint density at radius 1 is 1.13 bits per heavy atom. The van der Waals surface area contributed by atoms with Crippen LogP contribution in [0.3, 0.4) is 0 Å². The van der Waals surface area contributed by atoms with E-state index in [2.05, 4.69) is 5.32 Å². The summed E-state index contributed by atoms with van der Waals surface area (Å²) in [6.07, 6.45) is 0.962. The number of aryl methyl sites for hydroxylation is 1. The molecule has 2 aromatic carbocycles. The summed E-state index contributed by atoms with van der Waals surface area (Å²) in [4.78, 5) is 11.9. The lowest BCUT2D eigenvalue weighted by Gasteiger charge is -2.26. The number of amides is 1. The van der Waals surface area contributed by atoms with E-state index in [-0.39, 0.29) is 12.0 Å². The van der Waals surface area contributed by atoms with Gasteiger partial charge in [0.2, 0.25) is 5.91 Å². The molecule has 23 heavy (non-hydrogen) atoms. The van der Waals surface area contributed by atoms with E-state index in [1.54, 1.807) is 0 Å². The van der Waals surface area contributed by atoms with Crippen molar-refractivity contribution >= 4 is 17.5 Å². The number of ether oxygens (including phenoxy) is 2. The Morgan fingerprint density at radius 2 is 1.87 bits per heavy atom. The summed E-state index contributed by atoms with van der Waals surface area (Å²) in [6, 6.07) is 15.1. The molecule has 1 atom stereocenters. The normalized spacial score (nSPS) is 16.0. The Balaban J connectivity index is 1.42. The minimum absolute atomic E-state index is 0.00223. The third kappa shape index (κ3) is 4.39. The number of para-hydroxylation sites is 2. The van der Waals surface area contributed by atoms with Crippen LogP contribution in [-0.4, -0.2) is 25.2 Å². The van der Waals surface area contributed by atoms with Crippen LogP contribution < -0.4 is 14.8 Å². The van der Waals surface area contributed by atoms with Crippen molar-refractivity contribution in [3.05, 3.63) is 59.1 Å². The summed E-state index contributed by atoms with van der Waals surface area (Å²) in [6.45, 7) is 0.877. The van der Waals surface area contributed by atoms with Gasteiger partial charge in [0.15, 0.2) is 11.5 Å². The van der Waals surface area contributed by atoms with Crippen molar-refractivity contribution < 1.29 is 14.3 Å². The molecule has 120 valence electrons. The topological polar surface area (TPSA) is 47.6 Å². The first-order valence-corrected chi connectivity index (χ1v) is 7.98. The first-order valence-electron chi connectivity index (χ1n) is 7.60. The zero-order chi connectivity index (χ0) is 16.1. The second kappa shape index (κ2) is 7.38. The second-order valence-electron chi connectivity index (χ2n) is 5.43. The van der Waals surface area contributed by atoms with E-state index < -0.39 is 0 Å². The molecule has 2 aromatic rings. The SMILES string of the molecule is O=C(CCc1ccc(Cl)cc1)NC[C@H]1COc2ccccc2O1. The molecule has 1 N–H and O–H groups in total. The minimum Gasteiger partial charge on any atom is -0.486 e. The summed E-state index contributed by atoms with van der Waals surface area (Å²) in [5, 5.41) is 3.60. The van der Waals surface area contributed by atoms with Crippen molar-refractivity contribution in [1.29, 1.82) is 0 Å². The molecule has 1 aliphatic rings. The van der Waals surface area contributed by atoms with Crippen molar-refractivity contribution in [3.8, 4) is 11.5 Å². The largest absolute Gasteiger partial charge is 0.486 e. The van der Waals surface area contributed by atoms with Crippen LogP contribution in [0.5, 0.6) is 11.5 Å². The molecule has 1 amide bonds. The average Bonchev–Trinajstić information content (AvgIpc) is 2.59. The molecule has 0 bridgehead atoms. The fraction of sp³-hybridized carbons (Fsp3) is 0.278. The van der Waals surface area contributed by atoms with E-state index >= 15 is 0 Å². The van der Waals surface area contributed by atoms with E-state index in [1.807, 2.05) is 48.5 Å². The number of hydrogen-bond acceptors (Lipinski definition) is 3. The van der Waals surface area contributed by atoms with Gasteiger partial charge in [0, 0.05) is 11.4 Å². The Bertz CT molecular complexity index is 672. The second-order valence-corrected chi connectivity index (χ2v) is 5.86. The van der Waals surface area contributed by atoms with Gasteiger partial charge >= 0.3 is 0 Å². The van der Waals surface area contributed by atoms with Crippen molar-refractivity contribution in [2.24, 2.45) is 0 Å². The Labute approximate surface area is 140 Å². The number of carbonyl (C=O) groups is 1. The Hall–Kier alpha value is -2.20. The predicted molar refractivity (Wildman–Crippen MR) is 89.1 cm³/mol. The molecule has 0 radical (unpaired) electrons. The number of hydrogen-bond donors (Lipinski definition) is 1. The van der Waals surface area contributed by atoms with E-state index in [4.69, 9.17) is 21.1 Å². The molecule has 0 saturated carbocycles. The highest BCUT2D eigenvalue weighted by Gasteiger charge is 2.20. The lowest BCUT2D eigenvalue weighted by atomic mass is 10.1. The highest BCUT2D eigenvalue weighted by atomic mass is 35.5.